The number of anilines is 1. The van der Waals surface area contributed by atoms with Crippen molar-refractivity contribution in [3.05, 3.63) is 52.4 Å². The van der Waals surface area contributed by atoms with E-state index in [1.165, 1.54) is 6.33 Å². The minimum absolute atomic E-state index is 0.0251. The summed E-state index contributed by atoms with van der Waals surface area (Å²) in [6, 6.07) is 7.39. The second kappa shape index (κ2) is 14.7. The third-order valence-corrected chi connectivity index (χ3v) is 7.60. The van der Waals surface area contributed by atoms with Gasteiger partial charge in [-0.1, -0.05) is 30.7 Å². The molecule has 2 aliphatic rings. The number of carbonyl (C=O) groups excluding carboxylic acids is 1. The fourth-order valence-corrected chi connectivity index (χ4v) is 5.35. The summed E-state index contributed by atoms with van der Waals surface area (Å²) in [6.45, 7) is 6.87. The molecule has 12 heteroatoms. The Morgan fingerprint density at radius 2 is 1.77 bits per heavy atom. The zero-order chi connectivity index (χ0) is 28.5. The number of hydrogen-bond donors (Lipinski definition) is 3. The number of ether oxygens (including phenoxy) is 2. The van der Waals surface area contributed by atoms with Gasteiger partial charge in [-0.15, -0.1) is 0 Å². The molecule has 0 bridgehead atoms. The molecule has 2 heterocycles. The summed E-state index contributed by atoms with van der Waals surface area (Å²) in [5, 5.41) is 22.9. The number of carboxylic acids is 1. The van der Waals surface area contributed by atoms with Gasteiger partial charge >= 0.3 is 5.97 Å². The van der Waals surface area contributed by atoms with Crippen molar-refractivity contribution in [3.63, 3.8) is 0 Å². The van der Waals surface area contributed by atoms with Crippen LogP contribution in [0.15, 0.2) is 30.6 Å². The van der Waals surface area contributed by atoms with Crippen LogP contribution in [0.3, 0.4) is 0 Å². The normalized spacial score (nSPS) is 19.5. The van der Waals surface area contributed by atoms with Gasteiger partial charge in [0.15, 0.2) is 0 Å². The zero-order valence-corrected chi connectivity index (χ0v) is 23.6. The molecule has 1 aromatic heterocycles. The largest absolute Gasteiger partial charge is 0.481 e. The maximum atomic E-state index is 13.7. The highest BCUT2D eigenvalue weighted by Crippen LogP contribution is 2.42. The van der Waals surface area contributed by atoms with Crippen molar-refractivity contribution in [2.45, 2.75) is 37.7 Å². The molecule has 0 radical (unpaired) electrons. The lowest BCUT2D eigenvalue weighted by atomic mass is 9.97. The molecular formula is C28H38ClN5O6. The molecule has 218 valence electrons. The molecule has 0 saturated carbocycles. The molecule has 0 spiro atoms. The maximum absolute atomic E-state index is 13.7. The number of rotatable bonds is 14. The van der Waals surface area contributed by atoms with E-state index in [2.05, 4.69) is 27.1 Å². The Hall–Kier alpha value is -2.83. The second-order valence-electron chi connectivity index (χ2n) is 10.1. The van der Waals surface area contributed by atoms with Gasteiger partial charge in [-0.05, 0) is 30.0 Å². The first-order chi connectivity index (χ1) is 19.3. The summed E-state index contributed by atoms with van der Waals surface area (Å²) < 4.78 is 10.8. The average molecular weight is 576 g/mol. The molecule has 11 nitrogen and oxygen atoms in total. The van der Waals surface area contributed by atoms with Crippen LogP contribution in [-0.2, 0) is 19.1 Å². The first-order valence-corrected chi connectivity index (χ1v) is 14.1. The Kier molecular flexibility index (Phi) is 11.1. The standard InChI is InChI=1S/C28H38ClN5O6/c1-19-16-23(35)26-25(19)27(32-18-31-26)33-8-10-34(11-9-33)28(38)22(20-2-4-21(29)5-3-20)17-30-7-13-40-15-14-39-12-6-24(36)37/h2-5,18-19,22-23,30,35H,6-17H2,1H3,(H,36,37)/t19-,22-,23-/m1/s1. The highest BCUT2D eigenvalue weighted by atomic mass is 35.5. The van der Waals surface area contributed by atoms with E-state index in [4.69, 9.17) is 26.2 Å². The van der Waals surface area contributed by atoms with E-state index in [-0.39, 0.29) is 30.8 Å². The van der Waals surface area contributed by atoms with Crippen LogP contribution in [0.1, 0.15) is 54.5 Å². The Morgan fingerprint density at radius 3 is 2.48 bits per heavy atom. The Morgan fingerprint density at radius 1 is 1.07 bits per heavy atom. The van der Waals surface area contributed by atoms with Crippen molar-refractivity contribution in [3.8, 4) is 0 Å². The van der Waals surface area contributed by atoms with Gasteiger partial charge in [0.25, 0.3) is 0 Å². The fraction of sp³-hybridized carbons (Fsp3) is 0.571. The number of aliphatic hydroxyl groups excluding tert-OH is 1. The van der Waals surface area contributed by atoms with Gasteiger partial charge in [-0.2, -0.15) is 0 Å². The number of halogens is 1. The number of aliphatic hydroxyl groups is 1. The van der Waals surface area contributed by atoms with Gasteiger partial charge in [-0.3, -0.25) is 9.59 Å². The SMILES string of the molecule is C[C@@H]1C[C@@H](O)c2ncnc(N3CCN(C(=O)[C@H](CNCCOCCOCCC(=O)O)c4ccc(Cl)cc4)CC3)c21. The summed E-state index contributed by atoms with van der Waals surface area (Å²) in [5.74, 6) is -0.152. The number of carbonyl (C=O) groups is 2. The van der Waals surface area contributed by atoms with Gasteiger partial charge in [0.2, 0.25) is 5.91 Å². The quantitative estimate of drug-likeness (QED) is 0.287. The molecule has 1 aliphatic carbocycles. The first kappa shape index (κ1) is 30.1. The number of aromatic nitrogens is 2. The monoisotopic (exact) mass is 575 g/mol. The van der Waals surface area contributed by atoms with Crippen LogP contribution in [0.25, 0.3) is 0 Å². The van der Waals surface area contributed by atoms with Crippen molar-refractivity contribution in [1.29, 1.82) is 0 Å². The second-order valence-corrected chi connectivity index (χ2v) is 10.6. The lowest BCUT2D eigenvalue weighted by molar-refractivity contribution is -0.138. The van der Waals surface area contributed by atoms with Crippen molar-refractivity contribution >= 4 is 29.3 Å². The molecule has 40 heavy (non-hydrogen) atoms. The van der Waals surface area contributed by atoms with Crippen molar-refractivity contribution in [2.75, 3.05) is 70.6 Å². The molecule has 1 aromatic carbocycles. The highest BCUT2D eigenvalue weighted by Gasteiger charge is 2.35. The molecule has 4 rings (SSSR count). The highest BCUT2D eigenvalue weighted by molar-refractivity contribution is 6.30. The van der Waals surface area contributed by atoms with E-state index >= 15 is 0 Å². The Bertz CT molecular complexity index is 1130. The molecule has 1 fully saturated rings. The predicted octanol–water partition coefficient (Wildman–Crippen LogP) is 2.20. The topological polar surface area (TPSA) is 137 Å². The molecule has 3 atom stereocenters. The van der Waals surface area contributed by atoms with E-state index in [1.54, 1.807) is 12.1 Å². The number of nitrogens with zero attached hydrogens (tertiary/aromatic N) is 4. The van der Waals surface area contributed by atoms with Gasteiger partial charge in [-0.25, -0.2) is 9.97 Å². The lowest BCUT2D eigenvalue weighted by Crippen LogP contribution is -2.51. The van der Waals surface area contributed by atoms with Crippen LogP contribution in [0, 0.1) is 0 Å². The smallest absolute Gasteiger partial charge is 0.305 e. The lowest BCUT2D eigenvalue weighted by Gasteiger charge is -2.38. The summed E-state index contributed by atoms with van der Waals surface area (Å²) in [7, 11) is 0. The van der Waals surface area contributed by atoms with E-state index in [1.807, 2.05) is 17.0 Å². The van der Waals surface area contributed by atoms with Crippen LogP contribution in [-0.4, -0.2) is 103 Å². The van der Waals surface area contributed by atoms with Gasteiger partial charge in [0.05, 0.1) is 50.6 Å². The number of piperazine rings is 1. The number of carboxylic acid groups (broad SMARTS) is 1. The van der Waals surface area contributed by atoms with E-state index < -0.39 is 12.1 Å². The third kappa shape index (κ3) is 7.88. The number of aliphatic carboxylic acids is 1. The average Bonchev–Trinajstić information content (AvgIpc) is 3.25. The predicted molar refractivity (Wildman–Crippen MR) is 150 cm³/mol. The van der Waals surface area contributed by atoms with Crippen LogP contribution >= 0.6 is 11.6 Å². The molecular weight excluding hydrogens is 538 g/mol. The molecule has 1 aliphatic heterocycles. The minimum Gasteiger partial charge on any atom is -0.481 e. The first-order valence-electron chi connectivity index (χ1n) is 13.7. The Balaban J connectivity index is 1.29. The molecule has 1 amide bonds. The maximum Gasteiger partial charge on any atom is 0.305 e. The molecule has 2 aromatic rings. The number of fused-ring (bicyclic) bond motifs is 1. The van der Waals surface area contributed by atoms with Crippen LogP contribution in [0.4, 0.5) is 5.82 Å². The minimum atomic E-state index is -0.888. The van der Waals surface area contributed by atoms with Crippen molar-refractivity contribution in [1.82, 2.24) is 20.2 Å². The summed E-state index contributed by atoms with van der Waals surface area (Å²) in [5.41, 5.74) is 2.64. The van der Waals surface area contributed by atoms with Crippen LogP contribution in [0.5, 0.6) is 0 Å². The number of nitrogens with one attached hydrogen (secondary N) is 1. The van der Waals surface area contributed by atoms with Crippen molar-refractivity contribution in [2.24, 2.45) is 0 Å². The summed E-state index contributed by atoms with van der Waals surface area (Å²) in [4.78, 5) is 37.2. The van der Waals surface area contributed by atoms with E-state index in [9.17, 15) is 14.7 Å². The number of amides is 1. The molecule has 3 N–H and O–H groups in total. The molecule has 0 unspecified atom stereocenters. The fourth-order valence-electron chi connectivity index (χ4n) is 5.23. The number of benzene rings is 1. The molecule has 1 saturated heterocycles. The number of hydrogen-bond acceptors (Lipinski definition) is 9. The zero-order valence-electron chi connectivity index (χ0n) is 22.8. The van der Waals surface area contributed by atoms with E-state index in [0.717, 1.165) is 22.6 Å². The van der Waals surface area contributed by atoms with Gasteiger partial charge in [0.1, 0.15) is 12.1 Å². The van der Waals surface area contributed by atoms with Gasteiger partial charge in [0, 0.05) is 49.9 Å². The summed E-state index contributed by atoms with van der Waals surface area (Å²) >= 11 is 6.10. The third-order valence-electron chi connectivity index (χ3n) is 7.34. The van der Waals surface area contributed by atoms with Crippen LogP contribution in [0.2, 0.25) is 5.02 Å². The van der Waals surface area contributed by atoms with Gasteiger partial charge < -0.3 is 34.8 Å². The summed E-state index contributed by atoms with van der Waals surface area (Å²) in [6.07, 6.45) is 1.60. The van der Waals surface area contributed by atoms with E-state index in [0.29, 0.717) is 70.5 Å². The van der Waals surface area contributed by atoms with Crippen molar-refractivity contribution < 1.29 is 29.3 Å². The van der Waals surface area contributed by atoms with Crippen LogP contribution < -0.4 is 10.2 Å². The Labute approximate surface area is 239 Å².